The van der Waals surface area contributed by atoms with Crippen molar-refractivity contribution in [3.05, 3.63) is 115 Å². The van der Waals surface area contributed by atoms with Gasteiger partial charge in [-0.15, -0.1) is 0 Å². The lowest BCUT2D eigenvalue weighted by molar-refractivity contribution is 0.297. The third-order valence-electron chi connectivity index (χ3n) is 5.51. The average molecular weight is 491 g/mol. The van der Waals surface area contributed by atoms with Crippen molar-refractivity contribution in [1.29, 1.82) is 0 Å². The van der Waals surface area contributed by atoms with E-state index in [0.717, 1.165) is 5.56 Å². The van der Waals surface area contributed by atoms with E-state index in [1.54, 1.807) is 66.7 Å². The second-order valence-electron chi connectivity index (χ2n) is 7.92. The average Bonchev–Trinajstić information content (AvgIpc) is 2.90. The van der Waals surface area contributed by atoms with Gasteiger partial charge in [0.05, 0.1) is 6.61 Å². The van der Waals surface area contributed by atoms with E-state index in [-0.39, 0.29) is 30.1 Å². The molecule has 4 rings (SSSR count). The van der Waals surface area contributed by atoms with Gasteiger partial charge in [-0.05, 0) is 60.0 Å². The minimum Gasteiger partial charge on any atom is -0.494 e. The van der Waals surface area contributed by atoms with Gasteiger partial charge in [0.25, 0.3) is 0 Å². The molecular formula is C30H25F3O3. The Kier molecular flexibility index (Phi) is 7.95. The summed E-state index contributed by atoms with van der Waals surface area (Å²) in [6, 6.07) is 21.5. The highest BCUT2D eigenvalue weighted by molar-refractivity contribution is 5.66. The van der Waals surface area contributed by atoms with Crippen LogP contribution in [0.5, 0.6) is 17.2 Å². The molecule has 0 amide bonds. The zero-order chi connectivity index (χ0) is 25.5. The largest absolute Gasteiger partial charge is 0.494 e. The highest BCUT2D eigenvalue weighted by atomic mass is 19.2. The topological polar surface area (TPSA) is 27.7 Å². The Hall–Kier alpha value is -4.19. The third kappa shape index (κ3) is 5.71. The molecule has 184 valence electrons. The summed E-state index contributed by atoms with van der Waals surface area (Å²) in [5.41, 5.74) is 2.26. The highest BCUT2D eigenvalue weighted by Gasteiger charge is 2.15. The van der Waals surface area contributed by atoms with Crippen molar-refractivity contribution in [2.24, 2.45) is 0 Å². The Balaban J connectivity index is 1.43. The molecule has 0 saturated heterocycles. The van der Waals surface area contributed by atoms with Crippen LogP contribution in [-0.2, 0) is 6.61 Å². The van der Waals surface area contributed by atoms with Crippen molar-refractivity contribution in [3.63, 3.8) is 0 Å². The first-order chi connectivity index (χ1) is 17.5. The zero-order valence-corrected chi connectivity index (χ0v) is 19.8. The van der Waals surface area contributed by atoms with Gasteiger partial charge in [0.15, 0.2) is 23.2 Å². The molecule has 0 aliphatic rings. The van der Waals surface area contributed by atoms with E-state index in [0.29, 0.717) is 29.2 Å². The van der Waals surface area contributed by atoms with Crippen molar-refractivity contribution >= 4 is 0 Å². The van der Waals surface area contributed by atoms with Crippen LogP contribution in [0.25, 0.3) is 22.3 Å². The highest BCUT2D eigenvalue weighted by Crippen LogP contribution is 2.30. The van der Waals surface area contributed by atoms with Crippen molar-refractivity contribution in [3.8, 4) is 39.5 Å². The lowest BCUT2D eigenvalue weighted by Crippen LogP contribution is -2.02. The Bertz CT molecular complexity index is 1330. The minimum absolute atomic E-state index is 0.100. The molecule has 0 aliphatic carbocycles. The quantitative estimate of drug-likeness (QED) is 0.211. The number of hydrogen-bond donors (Lipinski definition) is 0. The molecule has 4 aromatic carbocycles. The van der Waals surface area contributed by atoms with Gasteiger partial charge in [-0.3, -0.25) is 0 Å². The SMILES string of the molecule is C=CCOc1ccc(-c2ccc(OCc3ccc(-c4ccc(OCC)cc4)c(F)c3F)cc2)cc1F. The maximum atomic E-state index is 14.8. The summed E-state index contributed by atoms with van der Waals surface area (Å²) in [4.78, 5) is 0. The number of benzene rings is 4. The molecule has 0 atom stereocenters. The van der Waals surface area contributed by atoms with Gasteiger partial charge >= 0.3 is 0 Å². The van der Waals surface area contributed by atoms with Gasteiger partial charge in [0, 0.05) is 11.1 Å². The minimum atomic E-state index is -0.952. The zero-order valence-electron chi connectivity index (χ0n) is 19.8. The van der Waals surface area contributed by atoms with E-state index in [4.69, 9.17) is 14.2 Å². The van der Waals surface area contributed by atoms with E-state index in [9.17, 15) is 13.2 Å². The van der Waals surface area contributed by atoms with E-state index in [2.05, 4.69) is 6.58 Å². The Morgan fingerprint density at radius 2 is 1.33 bits per heavy atom. The third-order valence-corrected chi connectivity index (χ3v) is 5.51. The van der Waals surface area contributed by atoms with Gasteiger partial charge in [0.1, 0.15) is 24.7 Å². The fraction of sp³-hybridized carbons (Fsp3) is 0.133. The molecule has 0 aliphatic heterocycles. The summed E-state index contributed by atoms with van der Waals surface area (Å²) >= 11 is 0. The molecule has 36 heavy (non-hydrogen) atoms. The van der Waals surface area contributed by atoms with Crippen LogP contribution in [0, 0.1) is 17.5 Å². The van der Waals surface area contributed by atoms with Crippen molar-refractivity contribution in [2.75, 3.05) is 13.2 Å². The fourth-order valence-electron chi connectivity index (χ4n) is 3.67. The van der Waals surface area contributed by atoms with Crippen LogP contribution in [0.15, 0.2) is 91.5 Å². The number of halogens is 3. The summed E-state index contributed by atoms with van der Waals surface area (Å²) in [7, 11) is 0. The summed E-state index contributed by atoms with van der Waals surface area (Å²) < 4.78 is 60.1. The smallest absolute Gasteiger partial charge is 0.167 e. The first-order valence-corrected chi connectivity index (χ1v) is 11.5. The second kappa shape index (κ2) is 11.5. The summed E-state index contributed by atoms with van der Waals surface area (Å²) in [5.74, 6) is -1.06. The molecule has 0 N–H and O–H groups in total. The Morgan fingerprint density at radius 3 is 1.97 bits per heavy atom. The van der Waals surface area contributed by atoms with E-state index in [1.807, 2.05) is 6.92 Å². The first kappa shape index (κ1) is 24.9. The normalized spacial score (nSPS) is 10.7. The Labute approximate surface area is 208 Å². The molecule has 0 saturated carbocycles. The number of ether oxygens (including phenoxy) is 3. The monoisotopic (exact) mass is 490 g/mol. The van der Waals surface area contributed by atoms with Crippen molar-refractivity contribution < 1.29 is 27.4 Å². The molecule has 0 fully saturated rings. The number of hydrogen-bond acceptors (Lipinski definition) is 3. The van der Waals surface area contributed by atoms with E-state index < -0.39 is 17.5 Å². The van der Waals surface area contributed by atoms with Crippen LogP contribution in [0.2, 0.25) is 0 Å². The molecule has 0 heterocycles. The summed E-state index contributed by atoms with van der Waals surface area (Å²) in [5, 5.41) is 0. The van der Waals surface area contributed by atoms with Gasteiger partial charge in [0.2, 0.25) is 0 Å². The van der Waals surface area contributed by atoms with E-state index in [1.165, 1.54) is 18.2 Å². The predicted octanol–water partition coefficient (Wildman–Crippen LogP) is 7.98. The fourth-order valence-corrected chi connectivity index (χ4v) is 3.67. The predicted molar refractivity (Wildman–Crippen MR) is 135 cm³/mol. The van der Waals surface area contributed by atoms with E-state index >= 15 is 0 Å². The molecule has 0 radical (unpaired) electrons. The summed E-state index contributed by atoms with van der Waals surface area (Å²) in [6.45, 7) is 6.02. The van der Waals surface area contributed by atoms with Gasteiger partial charge in [-0.25, -0.2) is 13.2 Å². The lowest BCUT2D eigenvalue weighted by atomic mass is 10.0. The summed E-state index contributed by atoms with van der Waals surface area (Å²) in [6.07, 6.45) is 1.54. The first-order valence-electron chi connectivity index (χ1n) is 11.5. The molecule has 0 aromatic heterocycles. The lowest BCUT2D eigenvalue weighted by Gasteiger charge is -2.12. The van der Waals surface area contributed by atoms with Crippen LogP contribution in [0.4, 0.5) is 13.2 Å². The molecule has 6 heteroatoms. The van der Waals surface area contributed by atoms with Gasteiger partial charge in [-0.2, -0.15) is 0 Å². The molecule has 0 spiro atoms. The van der Waals surface area contributed by atoms with Gasteiger partial charge < -0.3 is 14.2 Å². The van der Waals surface area contributed by atoms with Crippen molar-refractivity contribution in [2.45, 2.75) is 13.5 Å². The Morgan fingerprint density at radius 1 is 0.694 bits per heavy atom. The standard InChI is InChI=1S/C30H25F3O3/c1-3-17-35-28-16-10-22(18-27(28)31)20-5-11-25(12-6-20)36-19-23-9-15-26(30(33)29(23)32)21-7-13-24(14-8-21)34-4-2/h3,5-16,18H,1,4,17,19H2,2H3. The molecule has 3 nitrogen and oxygen atoms in total. The van der Waals surface area contributed by atoms with Crippen LogP contribution >= 0.6 is 0 Å². The molecular weight excluding hydrogens is 465 g/mol. The second-order valence-corrected chi connectivity index (χ2v) is 7.92. The number of rotatable bonds is 10. The molecule has 0 bridgehead atoms. The molecule has 4 aromatic rings. The van der Waals surface area contributed by atoms with Gasteiger partial charge in [-0.1, -0.05) is 55.1 Å². The van der Waals surface area contributed by atoms with Crippen LogP contribution in [-0.4, -0.2) is 13.2 Å². The molecule has 0 unspecified atom stereocenters. The maximum absolute atomic E-state index is 14.8. The van der Waals surface area contributed by atoms with Crippen molar-refractivity contribution in [1.82, 2.24) is 0 Å². The van der Waals surface area contributed by atoms with Crippen LogP contribution in [0.3, 0.4) is 0 Å². The maximum Gasteiger partial charge on any atom is 0.167 e. The van der Waals surface area contributed by atoms with Crippen LogP contribution in [0.1, 0.15) is 12.5 Å². The van der Waals surface area contributed by atoms with Crippen LogP contribution < -0.4 is 14.2 Å².